The van der Waals surface area contributed by atoms with Crippen LogP contribution in [0.5, 0.6) is 5.75 Å². The molecule has 12 heteroatoms. The van der Waals surface area contributed by atoms with Crippen molar-refractivity contribution in [2.75, 3.05) is 6.61 Å². The van der Waals surface area contributed by atoms with Crippen LogP contribution in [-0.4, -0.2) is 67.0 Å². The predicted octanol–water partition coefficient (Wildman–Crippen LogP) is 3.30. The first-order valence-corrected chi connectivity index (χ1v) is 14.5. The van der Waals surface area contributed by atoms with Crippen LogP contribution in [0, 0.1) is 0 Å². The van der Waals surface area contributed by atoms with Gasteiger partial charge in [0.05, 0.1) is 12.0 Å². The standard InChI is InChI=1S/C34H35NO11/c1-21(36)41-20-28-31(43-22(2)37)32(44-23(3)38)30(34(45-28)46-29(39)18-24-12-6-4-7-13-24)35-33(40)26-16-10-11-17-27(26)42-19-25-14-8-5-9-15-25/h4-17,28,30-32,34H,18-20H2,1-3H3,(H,35,40)/t28-,30-,31-,32-,34-/m1/s1. The van der Waals surface area contributed by atoms with Gasteiger partial charge in [-0.3, -0.25) is 24.0 Å². The van der Waals surface area contributed by atoms with Gasteiger partial charge in [0.2, 0.25) is 6.29 Å². The minimum absolute atomic E-state index is 0.125. The first kappa shape index (κ1) is 33.7. The van der Waals surface area contributed by atoms with Crippen molar-refractivity contribution in [1.29, 1.82) is 0 Å². The van der Waals surface area contributed by atoms with E-state index in [2.05, 4.69) is 5.32 Å². The number of amides is 1. The van der Waals surface area contributed by atoms with E-state index in [9.17, 15) is 24.0 Å². The van der Waals surface area contributed by atoms with Crippen molar-refractivity contribution in [2.24, 2.45) is 0 Å². The molecule has 0 aromatic heterocycles. The first-order valence-electron chi connectivity index (χ1n) is 14.5. The molecular formula is C34H35NO11. The summed E-state index contributed by atoms with van der Waals surface area (Å²) in [5, 5.41) is 2.74. The molecule has 1 saturated heterocycles. The number of rotatable bonds is 12. The molecular weight excluding hydrogens is 598 g/mol. The Morgan fingerprint density at radius 3 is 1.91 bits per heavy atom. The fraction of sp³-hybridized carbons (Fsp3) is 0.324. The lowest BCUT2D eigenvalue weighted by Gasteiger charge is -2.44. The van der Waals surface area contributed by atoms with E-state index in [4.69, 9.17) is 28.4 Å². The molecule has 3 aromatic rings. The number of carbonyl (C=O) groups is 5. The maximum atomic E-state index is 13.8. The van der Waals surface area contributed by atoms with Crippen LogP contribution in [0.3, 0.4) is 0 Å². The lowest BCUT2D eigenvalue weighted by atomic mass is 9.95. The molecule has 5 atom stereocenters. The number of para-hydroxylation sites is 1. The molecule has 1 aliphatic heterocycles. The van der Waals surface area contributed by atoms with E-state index in [1.54, 1.807) is 48.5 Å². The van der Waals surface area contributed by atoms with E-state index in [0.717, 1.165) is 19.4 Å². The number of ether oxygens (including phenoxy) is 6. The third-order valence-electron chi connectivity index (χ3n) is 6.81. The predicted molar refractivity (Wildman–Crippen MR) is 161 cm³/mol. The summed E-state index contributed by atoms with van der Waals surface area (Å²) < 4.78 is 33.9. The van der Waals surface area contributed by atoms with Crippen LogP contribution < -0.4 is 10.1 Å². The van der Waals surface area contributed by atoms with Crippen molar-refractivity contribution in [2.45, 2.75) is 64.4 Å². The van der Waals surface area contributed by atoms with Gasteiger partial charge in [-0.15, -0.1) is 0 Å². The summed E-state index contributed by atoms with van der Waals surface area (Å²) in [5.41, 5.74) is 1.65. The SMILES string of the molecule is CC(=O)OC[C@H]1O[C@H](OC(=O)Cc2ccccc2)[C@H](NC(=O)c2ccccc2OCc2ccccc2)[C@@H](OC(C)=O)[C@@H]1OC(C)=O. The monoisotopic (exact) mass is 633 g/mol. The van der Waals surface area contributed by atoms with E-state index in [-0.39, 0.29) is 24.3 Å². The normalized spacial score (nSPS) is 20.5. The molecule has 4 rings (SSSR count). The lowest BCUT2D eigenvalue weighted by molar-refractivity contribution is -0.270. The summed E-state index contributed by atoms with van der Waals surface area (Å²) in [6, 6.07) is 23.2. The van der Waals surface area contributed by atoms with Gasteiger partial charge in [-0.2, -0.15) is 0 Å². The quantitative estimate of drug-likeness (QED) is 0.231. The van der Waals surface area contributed by atoms with Crippen molar-refractivity contribution in [1.82, 2.24) is 5.32 Å². The van der Waals surface area contributed by atoms with Gasteiger partial charge in [-0.1, -0.05) is 72.8 Å². The maximum Gasteiger partial charge on any atom is 0.312 e. The minimum atomic E-state index is -1.56. The van der Waals surface area contributed by atoms with Gasteiger partial charge in [0.15, 0.2) is 12.2 Å². The van der Waals surface area contributed by atoms with Crippen LogP contribution in [0.4, 0.5) is 0 Å². The zero-order valence-corrected chi connectivity index (χ0v) is 25.6. The van der Waals surface area contributed by atoms with E-state index in [1.165, 1.54) is 13.0 Å². The summed E-state index contributed by atoms with van der Waals surface area (Å²) in [7, 11) is 0. The number of nitrogens with one attached hydrogen (secondary N) is 1. The van der Waals surface area contributed by atoms with E-state index in [0.29, 0.717) is 5.56 Å². The third kappa shape index (κ3) is 9.63. The molecule has 0 saturated carbocycles. The fourth-order valence-electron chi connectivity index (χ4n) is 4.83. The van der Waals surface area contributed by atoms with Gasteiger partial charge < -0.3 is 33.7 Å². The Morgan fingerprint density at radius 1 is 0.696 bits per heavy atom. The average Bonchev–Trinajstić information content (AvgIpc) is 3.02. The number of hydrogen-bond acceptors (Lipinski definition) is 11. The Balaban J connectivity index is 1.66. The molecule has 1 amide bonds. The summed E-state index contributed by atoms with van der Waals surface area (Å²) in [6.07, 6.45) is -5.72. The molecule has 0 spiro atoms. The molecule has 1 N–H and O–H groups in total. The zero-order chi connectivity index (χ0) is 33.1. The van der Waals surface area contributed by atoms with Crippen LogP contribution in [0.25, 0.3) is 0 Å². The second-order valence-electron chi connectivity index (χ2n) is 10.4. The van der Waals surface area contributed by atoms with Crippen LogP contribution in [0.2, 0.25) is 0 Å². The zero-order valence-electron chi connectivity index (χ0n) is 25.6. The highest BCUT2D eigenvalue weighted by Gasteiger charge is 2.52. The Kier molecular flexibility index (Phi) is 11.8. The maximum absolute atomic E-state index is 13.8. The Bertz CT molecular complexity index is 1510. The molecule has 3 aromatic carbocycles. The second-order valence-corrected chi connectivity index (χ2v) is 10.4. The van der Waals surface area contributed by atoms with Gasteiger partial charge in [0.25, 0.3) is 5.91 Å². The first-order chi connectivity index (χ1) is 22.1. The van der Waals surface area contributed by atoms with Gasteiger partial charge in [0, 0.05) is 20.8 Å². The summed E-state index contributed by atoms with van der Waals surface area (Å²) >= 11 is 0. The van der Waals surface area contributed by atoms with E-state index >= 15 is 0 Å². The van der Waals surface area contributed by atoms with Gasteiger partial charge >= 0.3 is 23.9 Å². The van der Waals surface area contributed by atoms with Gasteiger partial charge in [0.1, 0.15) is 31.1 Å². The summed E-state index contributed by atoms with van der Waals surface area (Å²) in [4.78, 5) is 63.1. The van der Waals surface area contributed by atoms with Crippen LogP contribution >= 0.6 is 0 Å². The number of benzene rings is 3. The van der Waals surface area contributed by atoms with Crippen molar-refractivity contribution < 1.29 is 52.4 Å². The molecule has 46 heavy (non-hydrogen) atoms. The highest BCUT2D eigenvalue weighted by atomic mass is 16.7. The van der Waals surface area contributed by atoms with Gasteiger partial charge in [-0.05, 0) is 23.3 Å². The highest BCUT2D eigenvalue weighted by molar-refractivity contribution is 5.97. The average molecular weight is 634 g/mol. The van der Waals surface area contributed by atoms with Crippen LogP contribution in [-0.2, 0) is 55.9 Å². The number of hydrogen-bond donors (Lipinski definition) is 1. The Labute approximate surface area is 265 Å². The smallest absolute Gasteiger partial charge is 0.312 e. The topological polar surface area (TPSA) is 153 Å². The second kappa shape index (κ2) is 16.2. The molecule has 0 bridgehead atoms. The molecule has 0 unspecified atom stereocenters. The van der Waals surface area contributed by atoms with Gasteiger partial charge in [-0.25, -0.2) is 0 Å². The molecule has 1 aliphatic rings. The lowest BCUT2D eigenvalue weighted by Crippen LogP contribution is -2.67. The van der Waals surface area contributed by atoms with Crippen LogP contribution in [0.15, 0.2) is 84.9 Å². The molecule has 0 radical (unpaired) electrons. The van der Waals surface area contributed by atoms with Crippen molar-refractivity contribution in [3.8, 4) is 5.75 Å². The molecule has 1 fully saturated rings. The van der Waals surface area contributed by atoms with Crippen molar-refractivity contribution in [3.05, 3.63) is 102 Å². The molecule has 1 heterocycles. The minimum Gasteiger partial charge on any atom is -0.488 e. The molecule has 12 nitrogen and oxygen atoms in total. The van der Waals surface area contributed by atoms with Crippen molar-refractivity contribution >= 4 is 29.8 Å². The third-order valence-corrected chi connectivity index (χ3v) is 6.81. The summed E-state index contributed by atoms with van der Waals surface area (Å²) in [6.45, 7) is 3.18. The molecule has 242 valence electrons. The fourth-order valence-corrected chi connectivity index (χ4v) is 4.83. The number of carbonyl (C=O) groups excluding carboxylic acids is 5. The largest absolute Gasteiger partial charge is 0.488 e. The Morgan fingerprint density at radius 2 is 1.28 bits per heavy atom. The van der Waals surface area contributed by atoms with Crippen LogP contribution in [0.1, 0.15) is 42.3 Å². The van der Waals surface area contributed by atoms with E-state index in [1.807, 2.05) is 30.3 Å². The number of esters is 4. The highest BCUT2D eigenvalue weighted by Crippen LogP contribution is 2.29. The Hall–Kier alpha value is -5.23. The summed E-state index contributed by atoms with van der Waals surface area (Å²) in [5.74, 6) is -3.35. The molecule has 0 aliphatic carbocycles. The van der Waals surface area contributed by atoms with Crippen molar-refractivity contribution in [3.63, 3.8) is 0 Å². The van der Waals surface area contributed by atoms with E-state index < -0.39 is 67.0 Å².